The third-order valence-electron chi connectivity index (χ3n) is 4.14. The number of thiazole rings is 1. The lowest BCUT2D eigenvalue weighted by Crippen LogP contribution is -2.48. The molecule has 0 radical (unpaired) electrons. The second-order valence-corrected chi connectivity index (χ2v) is 8.53. The first kappa shape index (κ1) is 13.4. The van der Waals surface area contributed by atoms with Gasteiger partial charge in [-0.2, -0.15) is 0 Å². The van der Waals surface area contributed by atoms with Crippen molar-refractivity contribution in [3.8, 4) is 0 Å². The van der Waals surface area contributed by atoms with Crippen LogP contribution in [0.3, 0.4) is 0 Å². The molecule has 1 aromatic carbocycles. The van der Waals surface area contributed by atoms with Crippen molar-refractivity contribution < 1.29 is 0 Å². The summed E-state index contributed by atoms with van der Waals surface area (Å²) in [6, 6.07) is 8.61. The Bertz CT molecular complexity index is 543. The lowest BCUT2D eigenvalue weighted by molar-refractivity contribution is 0.208. The molecule has 0 aliphatic heterocycles. The summed E-state index contributed by atoms with van der Waals surface area (Å²) in [6.07, 6.45) is 3.74. The average Bonchev–Trinajstić information content (AvgIpc) is 2.77. The molecule has 1 heterocycles. The van der Waals surface area contributed by atoms with Gasteiger partial charge < -0.3 is 5.73 Å². The van der Waals surface area contributed by atoms with Crippen LogP contribution in [0.4, 0.5) is 0 Å². The highest BCUT2D eigenvalue weighted by Gasteiger charge is 2.37. The Labute approximate surface area is 122 Å². The van der Waals surface area contributed by atoms with Gasteiger partial charge in [-0.05, 0) is 30.4 Å². The van der Waals surface area contributed by atoms with E-state index in [-0.39, 0.29) is 11.5 Å². The Hall–Kier alpha value is -0.580. The van der Waals surface area contributed by atoms with Crippen LogP contribution in [-0.2, 0) is 0 Å². The second-order valence-electron chi connectivity index (χ2n) is 6.01. The molecular formula is C15H20N2S2. The summed E-state index contributed by atoms with van der Waals surface area (Å²) in [4.78, 5) is 4.71. The zero-order chi connectivity index (χ0) is 13.5. The first-order chi connectivity index (χ1) is 9.06. The molecule has 2 aromatic rings. The molecule has 2 N–H and O–H groups in total. The van der Waals surface area contributed by atoms with E-state index in [9.17, 15) is 0 Å². The molecule has 2 nitrogen and oxygen atoms in total. The van der Waals surface area contributed by atoms with Crippen LogP contribution >= 0.6 is 23.1 Å². The second kappa shape index (κ2) is 5.08. The van der Waals surface area contributed by atoms with Crippen LogP contribution in [-0.4, -0.2) is 16.3 Å². The lowest BCUT2D eigenvalue weighted by Gasteiger charge is -2.41. The summed E-state index contributed by atoms with van der Waals surface area (Å²) >= 11 is 3.67. The van der Waals surface area contributed by atoms with Gasteiger partial charge in [-0.15, -0.1) is 11.3 Å². The van der Waals surface area contributed by atoms with Crippen molar-refractivity contribution in [3.05, 3.63) is 24.3 Å². The van der Waals surface area contributed by atoms with Gasteiger partial charge in [0.25, 0.3) is 0 Å². The Morgan fingerprint density at radius 1 is 1.37 bits per heavy atom. The van der Waals surface area contributed by atoms with Crippen molar-refractivity contribution in [2.24, 2.45) is 11.1 Å². The molecule has 19 heavy (non-hydrogen) atoms. The number of para-hydroxylation sites is 1. The first-order valence-corrected chi connectivity index (χ1v) is 8.54. The summed E-state index contributed by atoms with van der Waals surface area (Å²) in [5.41, 5.74) is 7.82. The van der Waals surface area contributed by atoms with E-state index in [1.165, 1.54) is 28.3 Å². The van der Waals surface area contributed by atoms with Gasteiger partial charge in [-0.3, -0.25) is 0 Å². The fraction of sp³-hybridized carbons (Fsp3) is 0.533. The minimum atomic E-state index is 0.257. The molecule has 1 aliphatic carbocycles. The number of nitrogens with zero attached hydrogens (tertiary/aromatic N) is 1. The van der Waals surface area contributed by atoms with E-state index in [1.807, 2.05) is 17.8 Å². The molecule has 0 spiro atoms. The third-order valence-corrected chi connectivity index (χ3v) is 6.63. The largest absolute Gasteiger partial charge is 0.326 e. The van der Waals surface area contributed by atoms with E-state index in [0.29, 0.717) is 5.25 Å². The molecule has 0 saturated heterocycles. The molecule has 3 rings (SSSR count). The maximum absolute atomic E-state index is 6.45. The van der Waals surface area contributed by atoms with Gasteiger partial charge >= 0.3 is 0 Å². The first-order valence-electron chi connectivity index (χ1n) is 6.84. The van der Waals surface area contributed by atoms with E-state index in [1.54, 1.807) is 11.3 Å². The summed E-state index contributed by atoms with van der Waals surface area (Å²) in [7, 11) is 0. The Morgan fingerprint density at radius 2 is 2.16 bits per heavy atom. The van der Waals surface area contributed by atoms with Crippen LogP contribution in [0.5, 0.6) is 0 Å². The molecule has 0 amide bonds. The highest BCUT2D eigenvalue weighted by Crippen LogP contribution is 2.43. The number of benzene rings is 1. The fourth-order valence-electron chi connectivity index (χ4n) is 2.77. The predicted octanol–water partition coefficient (Wildman–Crippen LogP) is 4.29. The number of nitrogens with two attached hydrogens (primary N) is 1. The molecule has 1 saturated carbocycles. The van der Waals surface area contributed by atoms with E-state index >= 15 is 0 Å². The fourth-order valence-corrected chi connectivity index (χ4v) is 5.51. The standard InChI is InChI=1S/C15H20N2S2/c1-15(2)9-5-8-12(13(15)16)19-14-17-10-6-3-4-7-11(10)18-14/h3-4,6-7,12-13H,5,8-9,16H2,1-2H3. The molecule has 1 aliphatic rings. The number of hydrogen-bond donors (Lipinski definition) is 1. The summed E-state index contributed by atoms with van der Waals surface area (Å²) < 4.78 is 2.44. The quantitative estimate of drug-likeness (QED) is 0.897. The Balaban J connectivity index is 1.80. The van der Waals surface area contributed by atoms with Crippen LogP contribution in [0.15, 0.2) is 28.6 Å². The van der Waals surface area contributed by atoms with Crippen molar-refractivity contribution >= 4 is 33.3 Å². The highest BCUT2D eigenvalue weighted by molar-refractivity contribution is 8.01. The van der Waals surface area contributed by atoms with E-state index in [4.69, 9.17) is 10.7 Å². The normalized spacial score (nSPS) is 26.7. The molecule has 1 fully saturated rings. The SMILES string of the molecule is CC1(C)CCCC(Sc2nc3ccccc3s2)C1N. The number of rotatable bonds is 2. The lowest BCUT2D eigenvalue weighted by atomic mass is 9.73. The van der Waals surface area contributed by atoms with Gasteiger partial charge in [-0.25, -0.2) is 4.98 Å². The van der Waals surface area contributed by atoms with Gasteiger partial charge in [-0.1, -0.05) is 44.2 Å². The third kappa shape index (κ3) is 2.67. The molecule has 1 aromatic heterocycles. The number of hydrogen-bond acceptors (Lipinski definition) is 4. The molecule has 102 valence electrons. The summed E-state index contributed by atoms with van der Waals surface area (Å²) in [5.74, 6) is 0. The topological polar surface area (TPSA) is 38.9 Å². The Morgan fingerprint density at radius 3 is 2.95 bits per heavy atom. The predicted molar refractivity (Wildman–Crippen MR) is 84.9 cm³/mol. The maximum atomic E-state index is 6.45. The van der Waals surface area contributed by atoms with Gasteiger partial charge in [0, 0.05) is 11.3 Å². The van der Waals surface area contributed by atoms with Gasteiger partial charge in [0.2, 0.25) is 0 Å². The minimum absolute atomic E-state index is 0.257. The van der Waals surface area contributed by atoms with Crippen molar-refractivity contribution in [2.45, 2.75) is 48.7 Å². The van der Waals surface area contributed by atoms with E-state index in [2.05, 4.69) is 32.0 Å². The molecular weight excluding hydrogens is 272 g/mol. The molecule has 2 unspecified atom stereocenters. The van der Waals surface area contributed by atoms with Crippen LogP contribution in [0.2, 0.25) is 0 Å². The smallest absolute Gasteiger partial charge is 0.151 e. The molecule has 2 atom stereocenters. The zero-order valence-electron chi connectivity index (χ0n) is 11.4. The van der Waals surface area contributed by atoms with Crippen LogP contribution in [0.1, 0.15) is 33.1 Å². The maximum Gasteiger partial charge on any atom is 0.151 e. The van der Waals surface area contributed by atoms with Crippen LogP contribution in [0, 0.1) is 5.41 Å². The van der Waals surface area contributed by atoms with Crippen molar-refractivity contribution in [2.75, 3.05) is 0 Å². The van der Waals surface area contributed by atoms with Crippen molar-refractivity contribution in [1.29, 1.82) is 0 Å². The van der Waals surface area contributed by atoms with Crippen LogP contribution < -0.4 is 5.73 Å². The number of thioether (sulfide) groups is 1. The van der Waals surface area contributed by atoms with Gasteiger partial charge in [0.05, 0.1) is 10.2 Å². The monoisotopic (exact) mass is 292 g/mol. The Kier molecular flexibility index (Phi) is 3.58. The van der Waals surface area contributed by atoms with Gasteiger partial charge in [0.1, 0.15) is 0 Å². The average molecular weight is 292 g/mol. The summed E-state index contributed by atoms with van der Waals surface area (Å²) in [6.45, 7) is 4.59. The molecule has 0 bridgehead atoms. The van der Waals surface area contributed by atoms with Crippen LogP contribution in [0.25, 0.3) is 10.2 Å². The zero-order valence-corrected chi connectivity index (χ0v) is 13.1. The highest BCUT2D eigenvalue weighted by atomic mass is 32.2. The van der Waals surface area contributed by atoms with Crippen molar-refractivity contribution in [3.63, 3.8) is 0 Å². The van der Waals surface area contributed by atoms with E-state index < -0.39 is 0 Å². The minimum Gasteiger partial charge on any atom is -0.326 e. The number of fused-ring (bicyclic) bond motifs is 1. The van der Waals surface area contributed by atoms with E-state index in [0.717, 1.165) is 5.52 Å². The van der Waals surface area contributed by atoms with Crippen molar-refractivity contribution in [1.82, 2.24) is 4.98 Å². The summed E-state index contributed by atoms with van der Waals surface area (Å²) in [5, 5.41) is 0.504. The van der Waals surface area contributed by atoms with Gasteiger partial charge in [0.15, 0.2) is 4.34 Å². The number of aromatic nitrogens is 1. The molecule has 4 heteroatoms.